The van der Waals surface area contributed by atoms with Gasteiger partial charge in [0.2, 0.25) is 0 Å². The van der Waals surface area contributed by atoms with Crippen molar-refractivity contribution in [2.45, 2.75) is 26.1 Å². The summed E-state index contributed by atoms with van der Waals surface area (Å²) < 4.78 is 48.8. The molecule has 2 heterocycles. The molecule has 2 aliphatic heterocycles. The first-order valence-corrected chi connectivity index (χ1v) is 11.0. The molecule has 0 N–H and O–H groups in total. The summed E-state index contributed by atoms with van der Waals surface area (Å²) in [6.45, 7) is 5.15. The van der Waals surface area contributed by atoms with Gasteiger partial charge >= 0.3 is 0 Å². The van der Waals surface area contributed by atoms with Crippen LogP contribution in [0.4, 0.5) is 4.39 Å². The molecule has 27 heavy (non-hydrogen) atoms. The average molecular weight is 464 g/mol. The van der Waals surface area contributed by atoms with E-state index >= 15 is 0 Å². The lowest BCUT2D eigenvalue weighted by molar-refractivity contribution is -0.0457. The molecule has 1 amide bonds. The van der Waals surface area contributed by atoms with Gasteiger partial charge in [0.05, 0.1) is 17.8 Å². The molecule has 1 aromatic carbocycles. The fourth-order valence-electron chi connectivity index (χ4n) is 3.44. The second-order valence-corrected chi connectivity index (χ2v) is 9.74. The highest BCUT2D eigenvalue weighted by molar-refractivity contribution is 9.10. The Hall–Kier alpha value is -1.07. The van der Waals surface area contributed by atoms with Gasteiger partial charge in [-0.3, -0.25) is 4.79 Å². The molecule has 10 heteroatoms. The van der Waals surface area contributed by atoms with Gasteiger partial charge in [0.15, 0.2) is 0 Å². The first-order chi connectivity index (χ1) is 12.7. The van der Waals surface area contributed by atoms with Gasteiger partial charge < -0.3 is 9.64 Å². The van der Waals surface area contributed by atoms with Crippen molar-refractivity contribution in [1.29, 1.82) is 0 Å². The largest absolute Gasteiger partial charge is 0.373 e. The summed E-state index contributed by atoms with van der Waals surface area (Å²) in [6, 6.07) is 4.29. The summed E-state index contributed by atoms with van der Waals surface area (Å²) in [7, 11) is -3.61. The van der Waals surface area contributed by atoms with E-state index < -0.39 is 21.9 Å². The van der Waals surface area contributed by atoms with Gasteiger partial charge in [0.25, 0.3) is 16.1 Å². The minimum absolute atomic E-state index is 0.00895. The Morgan fingerprint density at radius 2 is 1.70 bits per heavy atom. The Morgan fingerprint density at radius 1 is 1.11 bits per heavy atom. The van der Waals surface area contributed by atoms with Crippen molar-refractivity contribution in [3.05, 3.63) is 34.1 Å². The van der Waals surface area contributed by atoms with Gasteiger partial charge in [-0.2, -0.15) is 17.0 Å². The fraction of sp³-hybridized carbons (Fsp3) is 0.588. The maximum Gasteiger partial charge on any atom is 0.282 e. The predicted octanol–water partition coefficient (Wildman–Crippen LogP) is 1.70. The number of hydrogen-bond acceptors (Lipinski definition) is 4. The Bertz CT molecular complexity index is 804. The van der Waals surface area contributed by atoms with Crippen LogP contribution in [0.5, 0.6) is 0 Å². The number of carbonyl (C=O) groups is 1. The lowest BCUT2D eigenvalue weighted by Gasteiger charge is -2.40. The minimum Gasteiger partial charge on any atom is -0.373 e. The zero-order valence-corrected chi connectivity index (χ0v) is 17.7. The van der Waals surface area contributed by atoms with E-state index in [1.807, 2.05) is 13.8 Å². The van der Waals surface area contributed by atoms with E-state index in [1.54, 1.807) is 6.07 Å². The maximum absolute atomic E-state index is 14.0. The molecule has 2 atom stereocenters. The van der Waals surface area contributed by atoms with E-state index in [9.17, 15) is 17.6 Å². The first kappa shape index (κ1) is 20.7. The van der Waals surface area contributed by atoms with E-state index in [0.717, 1.165) is 0 Å². The number of amides is 1. The Kier molecular flexibility index (Phi) is 6.21. The monoisotopic (exact) mass is 463 g/mol. The molecule has 0 aromatic heterocycles. The SMILES string of the molecule is CC1CN(S(=O)(=O)N2CCN(C(=O)c3ccc(Br)cc3F)CC2)CC(C)O1. The maximum atomic E-state index is 14.0. The molecular weight excluding hydrogens is 441 g/mol. The zero-order valence-electron chi connectivity index (χ0n) is 15.3. The van der Waals surface area contributed by atoms with Gasteiger partial charge in [-0.25, -0.2) is 4.39 Å². The summed E-state index contributed by atoms with van der Waals surface area (Å²) in [4.78, 5) is 14.0. The lowest BCUT2D eigenvalue weighted by atomic mass is 10.1. The van der Waals surface area contributed by atoms with Crippen LogP contribution < -0.4 is 0 Å². The summed E-state index contributed by atoms with van der Waals surface area (Å²) >= 11 is 3.17. The molecule has 2 unspecified atom stereocenters. The summed E-state index contributed by atoms with van der Waals surface area (Å²) in [5.41, 5.74) is -0.00895. The molecule has 7 nitrogen and oxygen atoms in total. The van der Waals surface area contributed by atoms with Crippen molar-refractivity contribution in [1.82, 2.24) is 13.5 Å². The first-order valence-electron chi connectivity index (χ1n) is 8.83. The van der Waals surface area contributed by atoms with Crippen LogP contribution in [0.25, 0.3) is 0 Å². The highest BCUT2D eigenvalue weighted by atomic mass is 79.9. The van der Waals surface area contributed by atoms with Crippen molar-refractivity contribution >= 4 is 32.0 Å². The third kappa shape index (κ3) is 4.51. The van der Waals surface area contributed by atoms with E-state index in [-0.39, 0.29) is 44.0 Å². The molecule has 0 bridgehead atoms. The van der Waals surface area contributed by atoms with Gasteiger partial charge in [-0.15, -0.1) is 0 Å². The number of rotatable bonds is 3. The smallest absolute Gasteiger partial charge is 0.282 e. The standard InChI is InChI=1S/C17H23BrFN3O4S/c1-12-10-22(11-13(2)26-12)27(24,25)21-7-5-20(6-8-21)17(23)15-4-3-14(18)9-16(15)19/h3-4,9,12-13H,5-8,10-11H2,1-2H3. The van der Waals surface area contributed by atoms with Crippen LogP contribution in [0.2, 0.25) is 0 Å². The number of morpholine rings is 1. The third-order valence-corrected chi connectivity index (χ3v) is 7.19. The molecule has 2 saturated heterocycles. The number of hydrogen-bond donors (Lipinski definition) is 0. The van der Waals surface area contributed by atoms with E-state index in [4.69, 9.17) is 4.74 Å². The summed E-state index contributed by atoms with van der Waals surface area (Å²) in [5, 5.41) is 0. The van der Waals surface area contributed by atoms with Crippen molar-refractivity contribution in [2.24, 2.45) is 0 Å². The zero-order chi connectivity index (χ0) is 19.8. The summed E-state index contributed by atoms with van der Waals surface area (Å²) in [6.07, 6.45) is -0.321. The van der Waals surface area contributed by atoms with Gasteiger partial charge in [-0.05, 0) is 32.0 Å². The molecule has 0 radical (unpaired) electrons. The molecule has 150 valence electrons. The Balaban J connectivity index is 1.65. The molecular formula is C17H23BrFN3O4S. The van der Waals surface area contributed by atoms with Crippen molar-refractivity contribution < 1.29 is 22.3 Å². The molecule has 2 fully saturated rings. The molecule has 1 aromatic rings. The highest BCUT2D eigenvalue weighted by Crippen LogP contribution is 2.21. The van der Waals surface area contributed by atoms with E-state index in [1.165, 1.54) is 25.6 Å². The average Bonchev–Trinajstić information content (AvgIpc) is 2.60. The number of nitrogens with zero attached hydrogens (tertiary/aromatic N) is 3. The van der Waals surface area contributed by atoms with Crippen molar-refractivity contribution in [2.75, 3.05) is 39.3 Å². The normalized spacial score (nSPS) is 25.6. The summed E-state index contributed by atoms with van der Waals surface area (Å²) in [5.74, 6) is -1.02. The number of carbonyl (C=O) groups excluding carboxylic acids is 1. The van der Waals surface area contributed by atoms with Gasteiger partial charge in [0.1, 0.15) is 5.82 Å². The van der Waals surface area contributed by atoms with Crippen LogP contribution in [0.3, 0.4) is 0 Å². The van der Waals surface area contributed by atoms with E-state index in [0.29, 0.717) is 17.6 Å². The number of halogens is 2. The quantitative estimate of drug-likeness (QED) is 0.683. The minimum atomic E-state index is -3.61. The highest BCUT2D eigenvalue weighted by Gasteiger charge is 2.37. The van der Waals surface area contributed by atoms with Crippen LogP contribution in [0, 0.1) is 5.82 Å². The molecule has 0 aliphatic carbocycles. The molecule has 2 aliphatic rings. The van der Waals surface area contributed by atoms with Gasteiger partial charge in [0, 0.05) is 43.7 Å². The van der Waals surface area contributed by atoms with Crippen LogP contribution in [0.1, 0.15) is 24.2 Å². The van der Waals surface area contributed by atoms with Crippen LogP contribution in [-0.2, 0) is 14.9 Å². The Morgan fingerprint density at radius 3 is 2.26 bits per heavy atom. The fourth-order valence-corrected chi connectivity index (χ4v) is 5.52. The molecule has 3 rings (SSSR count). The van der Waals surface area contributed by atoms with Crippen LogP contribution in [-0.4, -0.2) is 79.3 Å². The topological polar surface area (TPSA) is 70.2 Å². The van der Waals surface area contributed by atoms with Crippen LogP contribution in [0.15, 0.2) is 22.7 Å². The molecule has 0 spiro atoms. The van der Waals surface area contributed by atoms with E-state index in [2.05, 4.69) is 15.9 Å². The predicted molar refractivity (Wildman–Crippen MR) is 102 cm³/mol. The van der Waals surface area contributed by atoms with Gasteiger partial charge in [-0.1, -0.05) is 15.9 Å². The van der Waals surface area contributed by atoms with Crippen molar-refractivity contribution in [3.8, 4) is 0 Å². The van der Waals surface area contributed by atoms with Crippen molar-refractivity contribution in [3.63, 3.8) is 0 Å². The number of ether oxygens (including phenoxy) is 1. The molecule has 0 saturated carbocycles. The Labute approximate surface area is 167 Å². The third-order valence-electron chi connectivity index (χ3n) is 4.73. The second-order valence-electron chi connectivity index (χ2n) is 6.90. The number of benzene rings is 1. The lowest BCUT2D eigenvalue weighted by Crippen LogP contribution is -2.57. The number of piperazine rings is 1. The van der Waals surface area contributed by atoms with Crippen LogP contribution >= 0.6 is 15.9 Å². The second kappa shape index (κ2) is 8.12.